The summed E-state index contributed by atoms with van der Waals surface area (Å²) in [6, 6.07) is 5.92. The third-order valence-corrected chi connectivity index (χ3v) is 4.94. The number of piperidine rings is 1. The van der Waals surface area contributed by atoms with Crippen LogP contribution in [-0.2, 0) is 0 Å². The molecule has 2 aromatic rings. The van der Waals surface area contributed by atoms with Crippen LogP contribution in [0.1, 0.15) is 32.6 Å². The molecule has 0 radical (unpaired) electrons. The number of anilines is 3. The van der Waals surface area contributed by atoms with Gasteiger partial charge in [0.25, 0.3) is 0 Å². The summed E-state index contributed by atoms with van der Waals surface area (Å²) < 4.78 is 0. The summed E-state index contributed by atoms with van der Waals surface area (Å²) in [6.07, 6.45) is 6.28. The van der Waals surface area contributed by atoms with Gasteiger partial charge in [-0.05, 0) is 37.8 Å². The van der Waals surface area contributed by atoms with Crippen molar-refractivity contribution in [2.24, 2.45) is 0 Å². The third kappa shape index (κ3) is 3.67. The molecule has 1 aliphatic rings. The van der Waals surface area contributed by atoms with E-state index in [4.69, 9.17) is 23.2 Å². The average Bonchev–Trinajstić information content (AvgIpc) is 2.59. The first-order chi connectivity index (χ1) is 11.2. The van der Waals surface area contributed by atoms with Gasteiger partial charge < -0.3 is 10.2 Å². The molecular weight excluding hydrogens is 333 g/mol. The predicted molar refractivity (Wildman–Crippen MR) is 94.8 cm³/mol. The van der Waals surface area contributed by atoms with Gasteiger partial charge in [0.2, 0.25) is 5.95 Å². The number of nitrogens with one attached hydrogen (secondary N) is 1. The maximum Gasteiger partial charge on any atom is 0.247 e. The summed E-state index contributed by atoms with van der Waals surface area (Å²) in [5.74, 6) is 1.28. The van der Waals surface area contributed by atoms with Crippen molar-refractivity contribution in [3.8, 4) is 0 Å². The second-order valence-electron chi connectivity index (χ2n) is 5.62. The number of benzene rings is 1. The van der Waals surface area contributed by atoms with E-state index >= 15 is 0 Å². The van der Waals surface area contributed by atoms with Gasteiger partial charge in [-0.2, -0.15) is 10.1 Å². The van der Waals surface area contributed by atoms with Crippen LogP contribution in [-0.4, -0.2) is 27.8 Å². The molecule has 1 atom stereocenters. The van der Waals surface area contributed by atoms with Crippen LogP contribution in [0.5, 0.6) is 0 Å². The molecule has 1 saturated heterocycles. The largest absolute Gasteiger partial charge is 0.338 e. The smallest absolute Gasteiger partial charge is 0.247 e. The lowest BCUT2D eigenvalue weighted by atomic mass is 10.0. The predicted octanol–water partition coefficient (Wildman–Crippen LogP) is 4.69. The van der Waals surface area contributed by atoms with E-state index in [0.717, 1.165) is 19.4 Å². The van der Waals surface area contributed by atoms with E-state index in [1.165, 1.54) is 12.8 Å². The molecule has 1 fully saturated rings. The van der Waals surface area contributed by atoms with Gasteiger partial charge in [-0.25, -0.2) is 0 Å². The van der Waals surface area contributed by atoms with E-state index in [1.54, 1.807) is 12.3 Å². The first-order valence-electron chi connectivity index (χ1n) is 7.86. The molecule has 1 N–H and O–H groups in total. The Hall–Kier alpha value is -1.59. The minimum Gasteiger partial charge on any atom is -0.338 e. The molecule has 1 aromatic heterocycles. The van der Waals surface area contributed by atoms with Crippen molar-refractivity contribution in [1.29, 1.82) is 0 Å². The normalized spacial score (nSPS) is 18.0. The number of hydrogen-bond donors (Lipinski definition) is 1. The zero-order valence-corrected chi connectivity index (χ0v) is 14.5. The first kappa shape index (κ1) is 16.3. The highest BCUT2D eigenvalue weighted by Gasteiger charge is 2.23. The van der Waals surface area contributed by atoms with E-state index in [-0.39, 0.29) is 0 Å². The van der Waals surface area contributed by atoms with Crippen LogP contribution < -0.4 is 10.2 Å². The van der Waals surface area contributed by atoms with Crippen molar-refractivity contribution in [2.75, 3.05) is 16.8 Å². The number of aromatic nitrogens is 3. The minimum absolute atomic E-state index is 0.471. The summed E-state index contributed by atoms with van der Waals surface area (Å²) >= 11 is 12.3. The fourth-order valence-electron chi connectivity index (χ4n) is 2.90. The molecule has 0 bridgehead atoms. The molecule has 122 valence electrons. The Morgan fingerprint density at radius 3 is 3.00 bits per heavy atom. The molecule has 7 heteroatoms. The Kier molecular flexibility index (Phi) is 5.18. The average molecular weight is 352 g/mol. The van der Waals surface area contributed by atoms with E-state index in [2.05, 4.69) is 32.3 Å². The van der Waals surface area contributed by atoms with Crippen molar-refractivity contribution >= 4 is 40.7 Å². The van der Waals surface area contributed by atoms with Crippen molar-refractivity contribution in [3.63, 3.8) is 0 Å². The zero-order valence-electron chi connectivity index (χ0n) is 13.0. The van der Waals surface area contributed by atoms with Gasteiger partial charge in [0.1, 0.15) is 0 Å². The minimum atomic E-state index is 0.471. The molecule has 1 unspecified atom stereocenters. The van der Waals surface area contributed by atoms with E-state index in [0.29, 0.717) is 33.5 Å². The first-order valence-corrected chi connectivity index (χ1v) is 8.62. The number of halogens is 2. The molecule has 5 nitrogen and oxygen atoms in total. The summed E-state index contributed by atoms with van der Waals surface area (Å²) in [6.45, 7) is 3.17. The van der Waals surface area contributed by atoms with Gasteiger partial charge in [-0.3, -0.25) is 0 Å². The Morgan fingerprint density at radius 1 is 1.30 bits per heavy atom. The Bertz CT molecular complexity index is 679. The number of nitrogens with zero attached hydrogens (tertiary/aromatic N) is 4. The van der Waals surface area contributed by atoms with Crippen LogP contribution in [0.25, 0.3) is 0 Å². The van der Waals surface area contributed by atoms with Crippen molar-refractivity contribution < 1.29 is 0 Å². The van der Waals surface area contributed by atoms with Crippen LogP contribution in [0.4, 0.5) is 17.5 Å². The molecule has 1 aromatic carbocycles. The highest BCUT2D eigenvalue weighted by atomic mass is 35.5. The van der Waals surface area contributed by atoms with Gasteiger partial charge >= 0.3 is 0 Å². The number of rotatable bonds is 4. The lowest BCUT2D eigenvalue weighted by molar-refractivity contribution is 0.442. The molecule has 0 spiro atoms. The Morgan fingerprint density at radius 2 is 2.17 bits per heavy atom. The zero-order chi connectivity index (χ0) is 16.2. The fourth-order valence-corrected chi connectivity index (χ4v) is 3.25. The molecular formula is C16H19Cl2N5. The third-order valence-electron chi connectivity index (χ3n) is 4.12. The van der Waals surface area contributed by atoms with Crippen LogP contribution in [0, 0.1) is 0 Å². The van der Waals surface area contributed by atoms with E-state index < -0.39 is 0 Å². The summed E-state index contributed by atoms with van der Waals surface area (Å²) in [4.78, 5) is 6.85. The number of hydrogen-bond acceptors (Lipinski definition) is 5. The van der Waals surface area contributed by atoms with Gasteiger partial charge in [-0.1, -0.05) is 36.2 Å². The fraction of sp³-hybridized carbons (Fsp3) is 0.438. The maximum atomic E-state index is 6.21. The molecule has 3 rings (SSSR count). The van der Waals surface area contributed by atoms with Crippen LogP contribution in [0.3, 0.4) is 0 Å². The second-order valence-corrected chi connectivity index (χ2v) is 6.40. The molecule has 1 aliphatic heterocycles. The molecule has 2 heterocycles. The molecule has 23 heavy (non-hydrogen) atoms. The molecule has 0 aliphatic carbocycles. The molecule has 0 amide bonds. The van der Waals surface area contributed by atoms with E-state index in [9.17, 15) is 0 Å². The van der Waals surface area contributed by atoms with Gasteiger partial charge in [0.15, 0.2) is 5.82 Å². The standard InChI is InChI=1S/C16H19Cl2N5/c1-2-11-6-3-4-9-23(11)16-21-14(10-19-22-16)20-13-8-5-7-12(17)15(13)18/h5,7-8,10-11H,2-4,6,9H2,1H3,(H,20,21,22). The lowest BCUT2D eigenvalue weighted by Crippen LogP contribution is -2.40. The summed E-state index contributed by atoms with van der Waals surface area (Å²) in [5, 5.41) is 12.4. The lowest BCUT2D eigenvalue weighted by Gasteiger charge is -2.34. The topological polar surface area (TPSA) is 53.9 Å². The Balaban J connectivity index is 1.83. The quantitative estimate of drug-likeness (QED) is 0.865. The molecule has 0 saturated carbocycles. The van der Waals surface area contributed by atoms with Gasteiger partial charge in [0.05, 0.1) is 21.9 Å². The van der Waals surface area contributed by atoms with Crippen molar-refractivity contribution in [3.05, 3.63) is 34.4 Å². The van der Waals surface area contributed by atoms with Crippen LogP contribution >= 0.6 is 23.2 Å². The van der Waals surface area contributed by atoms with Gasteiger partial charge in [-0.15, -0.1) is 5.10 Å². The SMILES string of the molecule is CCC1CCCCN1c1nncc(Nc2cccc(Cl)c2Cl)n1. The van der Waals surface area contributed by atoms with E-state index in [1.807, 2.05) is 12.1 Å². The summed E-state index contributed by atoms with van der Waals surface area (Å²) in [7, 11) is 0. The highest BCUT2D eigenvalue weighted by molar-refractivity contribution is 6.43. The van der Waals surface area contributed by atoms with Crippen molar-refractivity contribution in [2.45, 2.75) is 38.6 Å². The van der Waals surface area contributed by atoms with Gasteiger partial charge in [0, 0.05) is 12.6 Å². The monoisotopic (exact) mass is 351 g/mol. The van der Waals surface area contributed by atoms with Crippen LogP contribution in [0.15, 0.2) is 24.4 Å². The summed E-state index contributed by atoms with van der Waals surface area (Å²) in [5.41, 5.74) is 0.705. The highest BCUT2D eigenvalue weighted by Crippen LogP contribution is 2.31. The second kappa shape index (κ2) is 7.32. The Labute approximate surface area is 146 Å². The maximum absolute atomic E-state index is 6.21. The van der Waals surface area contributed by atoms with Crippen LogP contribution in [0.2, 0.25) is 10.0 Å². The van der Waals surface area contributed by atoms with Crippen molar-refractivity contribution in [1.82, 2.24) is 15.2 Å².